The summed E-state index contributed by atoms with van der Waals surface area (Å²) in [6.45, 7) is 2.13. The SMILES string of the molecule is CCCC/C(C#N)=C\c1cc[nH]c1. The Labute approximate surface area is 78.9 Å². The molecule has 0 aliphatic heterocycles. The summed E-state index contributed by atoms with van der Waals surface area (Å²) in [7, 11) is 0. The first kappa shape index (κ1) is 9.60. The smallest absolute Gasteiger partial charge is 0.0947 e. The van der Waals surface area contributed by atoms with Crippen LogP contribution in [0, 0.1) is 11.3 Å². The summed E-state index contributed by atoms with van der Waals surface area (Å²) in [4.78, 5) is 2.96. The molecule has 0 aliphatic carbocycles. The average molecular weight is 174 g/mol. The minimum absolute atomic E-state index is 0.862. The number of aromatic nitrogens is 1. The third-order valence-electron chi connectivity index (χ3n) is 1.91. The van der Waals surface area contributed by atoms with Crippen LogP contribution in [0.4, 0.5) is 0 Å². The van der Waals surface area contributed by atoms with E-state index in [0.29, 0.717) is 0 Å². The van der Waals surface area contributed by atoms with Gasteiger partial charge in [0.25, 0.3) is 0 Å². The Balaban J connectivity index is 2.62. The molecule has 13 heavy (non-hydrogen) atoms. The Morgan fingerprint density at radius 2 is 2.54 bits per heavy atom. The van der Waals surface area contributed by atoms with Crippen molar-refractivity contribution in [3.63, 3.8) is 0 Å². The number of nitrogens with zero attached hydrogens (tertiary/aromatic N) is 1. The summed E-state index contributed by atoms with van der Waals surface area (Å²) in [5, 5.41) is 8.82. The highest BCUT2D eigenvalue weighted by Gasteiger charge is 1.95. The normalized spacial score (nSPS) is 11.2. The molecule has 0 radical (unpaired) electrons. The fourth-order valence-corrected chi connectivity index (χ4v) is 1.16. The van der Waals surface area contributed by atoms with Gasteiger partial charge >= 0.3 is 0 Å². The molecule has 0 saturated heterocycles. The van der Waals surface area contributed by atoms with Gasteiger partial charge in [0, 0.05) is 18.0 Å². The number of H-pyrrole nitrogens is 1. The number of hydrogen-bond donors (Lipinski definition) is 1. The Bertz CT molecular complexity index is 301. The van der Waals surface area contributed by atoms with Crippen LogP contribution in [0.1, 0.15) is 31.7 Å². The lowest BCUT2D eigenvalue weighted by Crippen LogP contribution is -1.79. The van der Waals surface area contributed by atoms with Crippen LogP contribution in [0.25, 0.3) is 6.08 Å². The van der Waals surface area contributed by atoms with Crippen molar-refractivity contribution in [2.24, 2.45) is 0 Å². The fraction of sp³-hybridized carbons (Fsp3) is 0.364. The number of allylic oxidation sites excluding steroid dienone is 1. The molecule has 0 aliphatic rings. The van der Waals surface area contributed by atoms with Gasteiger partial charge < -0.3 is 4.98 Å². The molecular formula is C11H14N2. The lowest BCUT2D eigenvalue weighted by molar-refractivity contribution is 0.802. The lowest BCUT2D eigenvalue weighted by atomic mass is 10.1. The third-order valence-corrected chi connectivity index (χ3v) is 1.91. The van der Waals surface area contributed by atoms with E-state index in [0.717, 1.165) is 30.4 Å². The van der Waals surface area contributed by atoms with E-state index in [1.54, 1.807) is 0 Å². The molecule has 68 valence electrons. The summed E-state index contributed by atoms with van der Waals surface area (Å²) in [6, 6.07) is 4.18. The van der Waals surface area contributed by atoms with Crippen LogP contribution < -0.4 is 0 Å². The third kappa shape index (κ3) is 3.16. The van der Waals surface area contributed by atoms with Crippen molar-refractivity contribution in [1.29, 1.82) is 5.26 Å². The van der Waals surface area contributed by atoms with Crippen LogP contribution in [0.5, 0.6) is 0 Å². The number of nitriles is 1. The number of hydrogen-bond acceptors (Lipinski definition) is 1. The fourth-order valence-electron chi connectivity index (χ4n) is 1.16. The monoisotopic (exact) mass is 174 g/mol. The summed E-state index contributed by atoms with van der Waals surface area (Å²) in [5.41, 5.74) is 1.94. The molecule has 1 aromatic heterocycles. The van der Waals surface area contributed by atoms with Crippen LogP contribution in [0.2, 0.25) is 0 Å². The molecule has 2 heteroatoms. The summed E-state index contributed by atoms with van der Waals surface area (Å²) < 4.78 is 0. The number of unbranched alkanes of at least 4 members (excludes halogenated alkanes) is 1. The first-order chi connectivity index (χ1) is 6.36. The molecular weight excluding hydrogens is 160 g/mol. The van der Waals surface area contributed by atoms with Crippen LogP contribution in [0.3, 0.4) is 0 Å². The van der Waals surface area contributed by atoms with E-state index in [4.69, 9.17) is 5.26 Å². The quantitative estimate of drug-likeness (QED) is 0.700. The molecule has 0 amide bonds. The predicted octanol–water partition coefficient (Wildman–Crippen LogP) is 3.11. The van der Waals surface area contributed by atoms with Crippen molar-refractivity contribution in [2.75, 3.05) is 0 Å². The van der Waals surface area contributed by atoms with Crippen molar-refractivity contribution in [1.82, 2.24) is 4.98 Å². The molecule has 1 aromatic rings. The Kier molecular flexibility index (Phi) is 3.84. The number of aromatic amines is 1. The second-order valence-corrected chi connectivity index (χ2v) is 3.03. The van der Waals surface area contributed by atoms with E-state index in [2.05, 4.69) is 18.0 Å². The first-order valence-electron chi connectivity index (χ1n) is 4.60. The molecule has 0 spiro atoms. The zero-order valence-electron chi connectivity index (χ0n) is 7.88. The molecule has 0 unspecified atom stereocenters. The molecule has 0 atom stereocenters. The highest BCUT2D eigenvalue weighted by Crippen LogP contribution is 2.11. The van der Waals surface area contributed by atoms with Gasteiger partial charge in [-0.15, -0.1) is 0 Å². The van der Waals surface area contributed by atoms with Gasteiger partial charge in [0.1, 0.15) is 0 Å². The van der Waals surface area contributed by atoms with E-state index in [1.165, 1.54) is 0 Å². The van der Waals surface area contributed by atoms with Gasteiger partial charge in [0.2, 0.25) is 0 Å². The highest BCUT2D eigenvalue weighted by molar-refractivity contribution is 5.55. The van der Waals surface area contributed by atoms with Crippen molar-refractivity contribution < 1.29 is 0 Å². The molecule has 0 bridgehead atoms. The van der Waals surface area contributed by atoms with Crippen LogP contribution in [-0.4, -0.2) is 4.98 Å². The van der Waals surface area contributed by atoms with E-state index in [-0.39, 0.29) is 0 Å². The number of nitrogens with one attached hydrogen (secondary N) is 1. The highest BCUT2D eigenvalue weighted by atomic mass is 14.6. The van der Waals surface area contributed by atoms with Crippen molar-refractivity contribution >= 4 is 6.08 Å². The van der Waals surface area contributed by atoms with Gasteiger partial charge in [0.05, 0.1) is 6.07 Å². The summed E-state index contributed by atoms with van der Waals surface area (Å²) in [5.74, 6) is 0. The van der Waals surface area contributed by atoms with E-state index in [1.807, 2.05) is 24.5 Å². The Morgan fingerprint density at radius 3 is 3.08 bits per heavy atom. The lowest BCUT2D eigenvalue weighted by Gasteiger charge is -1.94. The molecule has 0 fully saturated rings. The van der Waals surface area contributed by atoms with Gasteiger partial charge in [-0.3, -0.25) is 0 Å². The first-order valence-corrected chi connectivity index (χ1v) is 4.60. The topological polar surface area (TPSA) is 39.6 Å². The maximum atomic E-state index is 8.82. The van der Waals surface area contributed by atoms with Crippen molar-refractivity contribution in [2.45, 2.75) is 26.2 Å². The second-order valence-electron chi connectivity index (χ2n) is 3.03. The van der Waals surface area contributed by atoms with E-state index < -0.39 is 0 Å². The zero-order chi connectivity index (χ0) is 9.52. The Morgan fingerprint density at radius 1 is 1.69 bits per heavy atom. The Hall–Kier alpha value is -1.49. The molecule has 0 saturated carbocycles. The van der Waals surface area contributed by atoms with E-state index >= 15 is 0 Å². The molecule has 1 heterocycles. The minimum atomic E-state index is 0.862. The van der Waals surface area contributed by atoms with Gasteiger partial charge in [-0.1, -0.05) is 13.3 Å². The standard InChI is InChI=1S/C11H14N2/c1-2-3-4-10(8-12)7-11-5-6-13-9-11/h5-7,9,13H,2-4H2,1H3/b10-7+. The maximum absolute atomic E-state index is 8.82. The van der Waals surface area contributed by atoms with Gasteiger partial charge in [-0.05, 0) is 30.5 Å². The largest absolute Gasteiger partial charge is 0.367 e. The summed E-state index contributed by atoms with van der Waals surface area (Å²) >= 11 is 0. The van der Waals surface area contributed by atoms with Gasteiger partial charge in [0.15, 0.2) is 0 Å². The molecule has 1 N–H and O–H groups in total. The van der Waals surface area contributed by atoms with Crippen LogP contribution in [0.15, 0.2) is 24.0 Å². The second kappa shape index (κ2) is 5.21. The number of rotatable bonds is 4. The van der Waals surface area contributed by atoms with E-state index in [9.17, 15) is 0 Å². The zero-order valence-corrected chi connectivity index (χ0v) is 7.88. The van der Waals surface area contributed by atoms with Crippen molar-refractivity contribution in [3.05, 3.63) is 29.6 Å². The minimum Gasteiger partial charge on any atom is -0.367 e. The maximum Gasteiger partial charge on any atom is 0.0947 e. The summed E-state index contributed by atoms with van der Waals surface area (Å²) in [6.07, 6.45) is 8.80. The molecule has 1 rings (SSSR count). The predicted molar refractivity (Wildman–Crippen MR) is 53.9 cm³/mol. The van der Waals surface area contributed by atoms with Crippen LogP contribution in [-0.2, 0) is 0 Å². The van der Waals surface area contributed by atoms with Crippen molar-refractivity contribution in [3.8, 4) is 6.07 Å². The van der Waals surface area contributed by atoms with Gasteiger partial charge in [-0.2, -0.15) is 5.26 Å². The molecule has 0 aromatic carbocycles. The van der Waals surface area contributed by atoms with Gasteiger partial charge in [-0.25, -0.2) is 0 Å². The average Bonchev–Trinajstić information content (AvgIpc) is 2.64. The molecule has 2 nitrogen and oxygen atoms in total. The van der Waals surface area contributed by atoms with Crippen LogP contribution >= 0.6 is 0 Å².